The van der Waals surface area contributed by atoms with Gasteiger partial charge in [-0.15, -0.1) is 0 Å². The van der Waals surface area contributed by atoms with Crippen molar-refractivity contribution >= 4 is 6.02 Å². The van der Waals surface area contributed by atoms with Gasteiger partial charge in [0.25, 0.3) is 6.02 Å². The highest BCUT2D eigenvalue weighted by Crippen LogP contribution is 1.94. The second-order valence-corrected chi connectivity index (χ2v) is 2.12. The van der Waals surface area contributed by atoms with E-state index >= 15 is 0 Å². The van der Waals surface area contributed by atoms with E-state index in [1.54, 1.807) is 0 Å². The number of ether oxygens (including phenoxy) is 1. The molecule has 9 heavy (non-hydrogen) atoms. The summed E-state index contributed by atoms with van der Waals surface area (Å²) in [6.07, 6.45) is 0. The van der Waals surface area contributed by atoms with Crippen LogP contribution in [0.15, 0.2) is 4.99 Å². The summed E-state index contributed by atoms with van der Waals surface area (Å²) in [5, 5.41) is 3.08. The number of aliphatic imine (C=N–C) groups is 1. The van der Waals surface area contributed by atoms with Crippen molar-refractivity contribution in [3.8, 4) is 0 Å². The van der Waals surface area contributed by atoms with Crippen LogP contribution in [0.4, 0.5) is 0 Å². The maximum Gasteiger partial charge on any atom is 0.284 e. The van der Waals surface area contributed by atoms with Gasteiger partial charge in [0.2, 0.25) is 0 Å². The molecule has 0 spiro atoms. The molecule has 1 N–H and O–H groups in total. The number of hydrogen-bond acceptors (Lipinski definition) is 3. The Bertz CT molecular complexity index is 122. The van der Waals surface area contributed by atoms with Crippen LogP contribution in [0.2, 0.25) is 0 Å². The zero-order valence-electron chi connectivity index (χ0n) is 5.85. The average Bonchev–Trinajstić information content (AvgIpc) is 2.17. The topological polar surface area (TPSA) is 33.6 Å². The molecular formula is C6H12N2O. The second-order valence-electron chi connectivity index (χ2n) is 2.12. The summed E-state index contributed by atoms with van der Waals surface area (Å²) >= 11 is 0. The van der Waals surface area contributed by atoms with Crippen molar-refractivity contribution in [3.05, 3.63) is 0 Å². The number of nitrogens with zero attached hydrogens (tertiary/aromatic N) is 1. The molecule has 1 aliphatic rings. The largest absolute Gasteiger partial charge is 0.466 e. The standard InChI is InChI=1S/C6H12N2O/c1-3-9-6-7-4-5(2)8-6/h5H,3-4H2,1-2H3,(H,7,8). The number of hydrogen-bond donors (Lipinski definition) is 1. The van der Waals surface area contributed by atoms with Gasteiger partial charge in [-0.2, -0.15) is 0 Å². The molecule has 0 radical (unpaired) electrons. The Morgan fingerprint density at radius 2 is 2.67 bits per heavy atom. The SMILES string of the molecule is CCOC1=NCC(C)N1. The molecule has 1 unspecified atom stereocenters. The van der Waals surface area contributed by atoms with Gasteiger partial charge in [0.1, 0.15) is 0 Å². The number of nitrogens with one attached hydrogen (secondary N) is 1. The third-order valence-corrected chi connectivity index (χ3v) is 1.16. The highest BCUT2D eigenvalue weighted by molar-refractivity contribution is 5.75. The van der Waals surface area contributed by atoms with Crippen molar-refractivity contribution in [2.75, 3.05) is 13.2 Å². The van der Waals surface area contributed by atoms with Crippen LogP contribution < -0.4 is 5.32 Å². The van der Waals surface area contributed by atoms with Crippen LogP contribution in [0, 0.1) is 0 Å². The van der Waals surface area contributed by atoms with Crippen LogP contribution in [0.1, 0.15) is 13.8 Å². The van der Waals surface area contributed by atoms with Crippen molar-refractivity contribution < 1.29 is 4.74 Å². The van der Waals surface area contributed by atoms with Crippen molar-refractivity contribution in [1.29, 1.82) is 0 Å². The van der Waals surface area contributed by atoms with Crippen LogP contribution in [0.5, 0.6) is 0 Å². The third kappa shape index (κ3) is 1.59. The van der Waals surface area contributed by atoms with E-state index in [0.717, 1.165) is 6.54 Å². The monoisotopic (exact) mass is 128 g/mol. The first-order valence-corrected chi connectivity index (χ1v) is 3.26. The summed E-state index contributed by atoms with van der Waals surface area (Å²) in [4.78, 5) is 4.09. The van der Waals surface area contributed by atoms with E-state index in [-0.39, 0.29) is 0 Å². The molecule has 0 fully saturated rings. The zero-order chi connectivity index (χ0) is 6.69. The summed E-state index contributed by atoms with van der Waals surface area (Å²) in [6.45, 7) is 5.57. The van der Waals surface area contributed by atoms with Crippen LogP contribution in [-0.4, -0.2) is 25.2 Å². The predicted octanol–water partition coefficient (Wildman–Crippen LogP) is 0.371. The molecular weight excluding hydrogens is 116 g/mol. The summed E-state index contributed by atoms with van der Waals surface area (Å²) in [7, 11) is 0. The van der Waals surface area contributed by atoms with Crippen molar-refractivity contribution in [2.24, 2.45) is 4.99 Å². The van der Waals surface area contributed by atoms with Crippen molar-refractivity contribution in [3.63, 3.8) is 0 Å². The van der Waals surface area contributed by atoms with E-state index in [2.05, 4.69) is 17.2 Å². The molecule has 0 amide bonds. The first-order valence-electron chi connectivity index (χ1n) is 3.26. The molecule has 1 rings (SSSR count). The summed E-state index contributed by atoms with van der Waals surface area (Å²) in [5.74, 6) is 0. The van der Waals surface area contributed by atoms with Crippen molar-refractivity contribution in [1.82, 2.24) is 5.32 Å². The van der Waals surface area contributed by atoms with E-state index in [1.807, 2.05) is 6.92 Å². The Balaban J connectivity index is 2.27. The maximum absolute atomic E-state index is 5.11. The molecule has 1 atom stereocenters. The lowest BCUT2D eigenvalue weighted by Gasteiger charge is -2.04. The lowest BCUT2D eigenvalue weighted by molar-refractivity contribution is 0.313. The first-order chi connectivity index (χ1) is 4.33. The summed E-state index contributed by atoms with van der Waals surface area (Å²) in [5.41, 5.74) is 0. The quantitative estimate of drug-likeness (QED) is 0.553. The summed E-state index contributed by atoms with van der Waals surface area (Å²) < 4.78 is 5.11. The highest BCUT2D eigenvalue weighted by atomic mass is 16.5. The minimum atomic E-state index is 0.451. The molecule has 0 saturated heterocycles. The highest BCUT2D eigenvalue weighted by Gasteiger charge is 2.11. The fraction of sp³-hybridized carbons (Fsp3) is 0.833. The normalized spacial score (nSPS) is 25.1. The van der Waals surface area contributed by atoms with Gasteiger partial charge in [0, 0.05) is 6.04 Å². The van der Waals surface area contributed by atoms with E-state index in [9.17, 15) is 0 Å². The van der Waals surface area contributed by atoms with Gasteiger partial charge in [0.05, 0.1) is 13.2 Å². The van der Waals surface area contributed by atoms with Gasteiger partial charge in [-0.3, -0.25) is 0 Å². The number of amidine groups is 1. The first kappa shape index (κ1) is 6.39. The molecule has 0 aromatic carbocycles. The molecule has 0 aliphatic carbocycles. The molecule has 3 heteroatoms. The van der Waals surface area contributed by atoms with Gasteiger partial charge in [-0.25, -0.2) is 4.99 Å². The number of rotatable bonds is 1. The van der Waals surface area contributed by atoms with Gasteiger partial charge in [0.15, 0.2) is 0 Å². The van der Waals surface area contributed by atoms with Crippen LogP contribution in [-0.2, 0) is 4.74 Å². The van der Waals surface area contributed by atoms with E-state index in [1.165, 1.54) is 0 Å². The van der Waals surface area contributed by atoms with Crippen molar-refractivity contribution in [2.45, 2.75) is 19.9 Å². The molecule has 1 heterocycles. The second kappa shape index (κ2) is 2.71. The zero-order valence-corrected chi connectivity index (χ0v) is 5.85. The Hall–Kier alpha value is -0.730. The molecule has 0 aromatic rings. The van der Waals surface area contributed by atoms with Gasteiger partial charge >= 0.3 is 0 Å². The minimum absolute atomic E-state index is 0.451. The lowest BCUT2D eigenvalue weighted by Crippen LogP contribution is -2.28. The maximum atomic E-state index is 5.11. The fourth-order valence-electron chi connectivity index (χ4n) is 0.746. The van der Waals surface area contributed by atoms with Crippen LogP contribution in [0.3, 0.4) is 0 Å². The Morgan fingerprint density at radius 3 is 3.11 bits per heavy atom. The van der Waals surface area contributed by atoms with E-state index in [0.29, 0.717) is 18.7 Å². The summed E-state index contributed by atoms with van der Waals surface area (Å²) in [6, 6.07) is 1.15. The molecule has 1 aliphatic heterocycles. The molecule has 52 valence electrons. The smallest absolute Gasteiger partial charge is 0.284 e. The lowest BCUT2D eigenvalue weighted by atomic mass is 10.4. The van der Waals surface area contributed by atoms with E-state index in [4.69, 9.17) is 4.74 Å². The molecule has 3 nitrogen and oxygen atoms in total. The molecule has 0 bridgehead atoms. The Labute approximate surface area is 55.1 Å². The Kier molecular flexibility index (Phi) is 1.92. The Morgan fingerprint density at radius 1 is 1.89 bits per heavy atom. The van der Waals surface area contributed by atoms with Crippen LogP contribution in [0.25, 0.3) is 0 Å². The third-order valence-electron chi connectivity index (χ3n) is 1.16. The van der Waals surface area contributed by atoms with Crippen LogP contribution >= 0.6 is 0 Å². The minimum Gasteiger partial charge on any atom is -0.466 e. The average molecular weight is 128 g/mol. The fourth-order valence-corrected chi connectivity index (χ4v) is 0.746. The van der Waals surface area contributed by atoms with E-state index < -0.39 is 0 Å². The van der Waals surface area contributed by atoms with Gasteiger partial charge in [-0.05, 0) is 13.8 Å². The molecule has 0 saturated carbocycles. The predicted molar refractivity (Wildman–Crippen MR) is 36.5 cm³/mol. The van der Waals surface area contributed by atoms with Gasteiger partial charge in [-0.1, -0.05) is 0 Å². The molecule has 0 aromatic heterocycles. The van der Waals surface area contributed by atoms with Gasteiger partial charge < -0.3 is 10.1 Å².